The molecule has 14 heteroatoms. The molecule has 0 bridgehead atoms. The number of fused-ring (bicyclic) bond motifs is 6. The summed E-state index contributed by atoms with van der Waals surface area (Å²) < 4.78 is 64.0. The Morgan fingerprint density at radius 2 is 1.80 bits per heavy atom. The van der Waals surface area contributed by atoms with E-state index in [1.165, 1.54) is 50.5 Å². The second-order valence-electron chi connectivity index (χ2n) is 12.5. The van der Waals surface area contributed by atoms with Crippen LogP contribution in [0.2, 0.25) is 0 Å². The minimum atomic E-state index is -3.79. The first-order valence-electron chi connectivity index (χ1n) is 15.7. The maximum atomic E-state index is 15.2. The summed E-state index contributed by atoms with van der Waals surface area (Å²) in [4.78, 5) is 25.0. The lowest BCUT2D eigenvalue weighted by atomic mass is 10.00. The van der Waals surface area contributed by atoms with E-state index in [2.05, 4.69) is 5.32 Å². The number of anilines is 1. The second kappa shape index (κ2) is 11.6. The molecule has 50 heavy (non-hydrogen) atoms. The van der Waals surface area contributed by atoms with Gasteiger partial charge in [-0.25, -0.2) is 22.2 Å². The number of benzene rings is 3. The Labute approximate surface area is 284 Å². The third-order valence-corrected chi connectivity index (χ3v) is 10.4. The first-order chi connectivity index (χ1) is 23.9. The topological polar surface area (TPSA) is 133 Å². The number of β-amino-alcohol motifs (C(OH)–C–C–N with tert-alkyl or cyclic N) is 1. The molecule has 0 atom stereocenters. The van der Waals surface area contributed by atoms with Crippen LogP contribution >= 0.6 is 0 Å². The number of hydrogen-bond donors (Lipinski definition) is 2. The molecule has 1 amide bonds. The van der Waals surface area contributed by atoms with Crippen molar-refractivity contribution >= 4 is 59.9 Å². The lowest BCUT2D eigenvalue weighted by Crippen LogP contribution is -2.50. The summed E-state index contributed by atoms with van der Waals surface area (Å²) in [5.41, 5.74) is 3.68. The van der Waals surface area contributed by atoms with Crippen molar-refractivity contribution < 1.29 is 31.5 Å². The van der Waals surface area contributed by atoms with Crippen molar-refractivity contribution in [2.75, 3.05) is 37.7 Å². The fourth-order valence-corrected chi connectivity index (χ4v) is 7.17. The summed E-state index contributed by atoms with van der Waals surface area (Å²) in [6.45, 7) is 1.42. The Morgan fingerprint density at radius 1 is 1.04 bits per heavy atom. The number of nitrogens with one attached hydrogen (secondary N) is 1. The Hall–Kier alpha value is -5.44. The molecule has 0 unspecified atom stereocenters. The van der Waals surface area contributed by atoms with Gasteiger partial charge in [0.1, 0.15) is 28.8 Å². The van der Waals surface area contributed by atoms with Crippen molar-refractivity contribution in [3.8, 4) is 22.6 Å². The van der Waals surface area contributed by atoms with Gasteiger partial charge in [0.25, 0.3) is 5.91 Å². The molecule has 11 nitrogen and oxygen atoms in total. The first kappa shape index (κ1) is 31.8. The highest BCUT2D eigenvalue weighted by molar-refractivity contribution is 7.92. The molecule has 1 fully saturated rings. The standard InChI is InChI=1S/C36H30F2N6O5S/c1-39-36(46)34-25-11-23(30(42(2)50(3,47)48)14-32(25)49-35(34)19-7-9-20(37)10-8-19)27-12-24-28(15-40-27)41-33(18-43-16-21(45)17-43)44-29-6-4-5-26(38)22(29)13-31(24)44/h4-15,21,45H,16-18H2,1-3H3,(H,39,46). The average Bonchev–Trinajstić information content (AvgIpc) is 3.66. The summed E-state index contributed by atoms with van der Waals surface area (Å²) in [5, 5.41) is 14.0. The van der Waals surface area contributed by atoms with Crippen molar-refractivity contribution in [2.24, 2.45) is 0 Å². The highest BCUT2D eigenvalue weighted by Crippen LogP contribution is 2.42. The molecule has 8 rings (SSSR count). The van der Waals surface area contributed by atoms with Crippen LogP contribution in [0, 0.1) is 11.6 Å². The minimum Gasteiger partial charge on any atom is -0.455 e. The van der Waals surface area contributed by atoms with Crippen molar-refractivity contribution in [1.82, 2.24) is 24.6 Å². The Morgan fingerprint density at radius 3 is 2.50 bits per heavy atom. The Balaban J connectivity index is 1.40. The molecule has 7 aromatic rings. The summed E-state index contributed by atoms with van der Waals surface area (Å²) in [7, 11) is -0.902. The zero-order chi connectivity index (χ0) is 35.1. The molecule has 254 valence electrons. The third-order valence-electron chi connectivity index (χ3n) is 9.24. The monoisotopic (exact) mass is 696 g/mol. The smallest absolute Gasteiger partial charge is 0.255 e. The van der Waals surface area contributed by atoms with Crippen LogP contribution in [0.4, 0.5) is 14.5 Å². The molecule has 0 spiro atoms. The van der Waals surface area contributed by atoms with Gasteiger partial charge in [-0.2, -0.15) is 0 Å². The number of rotatable bonds is 7. The Bertz CT molecular complexity index is 2630. The predicted molar refractivity (Wildman–Crippen MR) is 186 cm³/mol. The van der Waals surface area contributed by atoms with E-state index in [0.29, 0.717) is 75.0 Å². The number of nitrogens with zero attached hydrogens (tertiary/aromatic N) is 5. The molecular formula is C36H30F2N6O5S. The lowest BCUT2D eigenvalue weighted by Gasteiger charge is -2.35. The number of aromatic nitrogens is 3. The van der Waals surface area contributed by atoms with E-state index in [1.54, 1.807) is 30.5 Å². The number of sulfonamides is 1. The van der Waals surface area contributed by atoms with Crippen molar-refractivity contribution in [3.63, 3.8) is 0 Å². The van der Waals surface area contributed by atoms with Crippen LogP contribution in [0.5, 0.6) is 0 Å². The van der Waals surface area contributed by atoms with Gasteiger partial charge in [0.2, 0.25) is 10.0 Å². The SMILES string of the molecule is CNC(=O)c1c(-c2ccc(F)cc2)oc2cc(N(C)S(C)(=O)=O)c(-c3cc4c(cn3)nc(CN3CC(O)C3)n3c5cccc(F)c5cc43)cc12. The molecule has 0 aliphatic carbocycles. The van der Waals surface area contributed by atoms with E-state index >= 15 is 4.39 Å². The summed E-state index contributed by atoms with van der Waals surface area (Å²) in [5.74, 6) is -0.469. The van der Waals surface area contributed by atoms with E-state index in [9.17, 15) is 22.7 Å². The van der Waals surface area contributed by atoms with E-state index in [-0.39, 0.29) is 28.4 Å². The molecule has 2 N–H and O–H groups in total. The van der Waals surface area contributed by atoms with Gasteiger partial charge >= 0.3 is 0 Å². The van der Waals surface area contributed by atoms with Gasteiger partial charge in [0, 0.05) is 60.5 Å². The maximum Gasteiger partial charge on any atom is 0.255 e. The van der Waals surface area contributed by atoms with E-state index in [4.69, 9.17) is 14.4 Å². The van der Waals surface area contributed by atoms with Crippen LogP contribution in [0.1, 0.15) is 16.2 Å². The highest BCUT2D eigenvalue weighted by atomic mass is 32.2. The third kappa shape index (κ3) is 5.14. The van der Waals surface area contributed by atoms with Crippen molar-refractivity contribution in [2.45, 2.75) is 12.6 Å². The molecule has 0 saturated carbocycles. The average molecular weight is 697 g/mol. The van der Waals surface area contributed by atoms with Crippen LogP contribution in [0.3, 0.4) is 0 Å². The number of carbonyl (C=O) groups excluding carboxylic acids is 1. The van der Waals surface area contributed by atoms with Crippen molar-refractivity contribution in [3.05, 3.63) is 95.9 Å². The first-order valence-corrected chi connectivity index (χ1v) is 17.6. The zero-order valence-corrected chi connectivity index (χ0v) is 27.9. The molecular weight excluding hydrogens is 666 g/mol. The van der Waals surface area contributed by atoms with Gasteiger partial charge in [-0.05, 0) is 54.6 Å². The number of aliphatic hydroxyl groups excluding tert-OH is 1. The van der Waals surface area contributed by atoms with Gasteiger partial charge in [-0.3, -0.25) is 23.4 Å². The summed E-state index contributed by atoms with van der Waals surface area (Å²) in [6, 6.07) is 17.1. The van der Waals surface area contributed by atoms with Gasteiger partial charge in [-0.15, -0.1) is 0 Å². The number of aliphatic hydroxyl groups is 1. The van der Waals surface area contributed by atoms with Crippen LogP contribution in [-0.2, 0) is 16.6 Å². The summed E-state index contributed by atoms with van der Waals surface area (Å²) in [6.07, 6.45) is 2.25. The zero-order valence-electron chi connectivity index (χ0n) is 27.1. The van der Waals surface area contributed by atoms with Crippen LogP contribution < -0.4 is 9.62 Å². The minimum absolute atomic E-state index is 0.183. The van der Waals surface area contributed by atoms with Crippen LogP contribution in [-0.4, -0.2) is 78.2 Å². The van der Waals surface area contributed by atoms with Gasteiger partial charge < -0.3 is 14.8 Å². The predicted octanol–water partition coefficient (Wildman–Crippen LogP) is 5.33. The molecule has 1 saturated heterocycles. The highest BCUT2D eigenvalue weighted by Gasteiger charge is 2.28. The van der Waals surface area contributed by atoms with E-state index in [1.807, 2.05) is 15.4 Å². The van der Waals surface area contributed by atoms with Gasteiger partial charge in [0.05, 0.1) is 58.6 Å². The number of hydrogen-bond acceptors (Lipinski definition) is 8. The molecule has 1 aliphatic rings. The molecule has 3 aromatic carbocycles. The lowest BCUT2D eigenvalue weighted by molar-refractivity contribution is -0.00436. The number of carbonyl (C=O) groups is 1. The van der Waals surface area contributed by atoms with E-state index < -0.39 is 27.9 Å². The molecule has 0 radical (unpaired) electrons. The number of halogens is 2. The molecule has 5 heterocycles. The van der Waals surface area contributed by atoms with Crippen LogP contribution in [0.15, 0.2) is 77.3 Å². The number of amides is 1. The quantitative estimate of drug-likeness (QED) is 0.229. The number of likely N-dealkylation sites (tertiary alicyclic amines) is 1. The Kier molecular flexibility index (Phi) is 7.36. The van der Waals surface area contributed by atoms with Gasteiger partial charge in [-0.1, -0.05) is 6.07 Å². The fourth-order valence-electron chi connectivity index (χ4n) is 6.66. The number of furan rings is 1. The fraction of sp³-hybridized carbons (Fsp3) is 0.194. The normalized spacial score (nSPS) is 14.2. The largest absolute Gasteiger partial charge is 0.455 e. The van der Waals surface area contributed by atoms with Crippen LogP contribution in [0.25, 0.3) is 60.9 Å². The second-order valence-corrected chi connectivity index (χ2v) is 14.5. The van der Waals surface area contributed by atoms with Crippen molar-refractivity contribution in [1.29, 1.82) is 0 Å². The number of pyridine rings is 1. The molecule has 4 aromatic heterocycles. The maximum absolute atomic E-state index is 15.2. The van der Waals surface area contributed by atoms with Gasteiger partial charge in [0.15, 0.2) is 0 Å². The summed E-state index contributed by atoms with van der Waals surface area (Å²) >= 11 is 0. The van der Waals surface area contributed by atoms with E-state index in [0.717, 1.165) is 10.6 Å². The molecule has 1 aliphatic heterocycles.